The van der Waals surface area contributed by atoms with E-state index in [-0.39, 0.29) is 0 Å². The van der Waals surface area contributed by atoms with Crippen LogP contribution >= 0.6 is 11.3 Å². The SMILES string of the molecule is c1ccc(-c2cc3ccnc(-c4cccc5c4oc4ncccc45)c3s2)cc1. The zero-order valence-corrected chi connectivity index (χ0v) is 15.6. The Morgan fingerprint density at radius 3 is 2.57 bits per heavy atom. The molecule has 0 aliphatic carbocycles. The molecule has 0 N–H and O–H groups in total. The van der Waals surface area contributed by atoms with Crippen molar-refractivity contribution in [3.05, 3.63) is 85.2 Å². The van der Waals surface area contributed by atoms with Crippen molar-refractivity contribution in [3.8, 4) is 21.7 Å². The molecule has 4 heteroatoms. The van der Waals surface area contributed by atoms with Gasteiger partial charge >= 0.3 is 0 Å². The zero-order valence-electron chi connectivity index (χ0n) is 14.8. The average Bonchev–Trinajstić information content (AvgIpc) is 3.36. The Morgan fingerprint density at radius 2 is 1.64 bits per heavy atom. The quantitative estimate of drug-likeness (QED) is 0.328. The Balaban J connectivity index is 1.64. The van der Waals surface area contributed by atoms with Crippen LogP contribution in [0.4, 0.5) is 0 Å². The van der Waals surface area contributed by atoms with Crippen LogP contribution in [0.15, 0.2) is 89.6 Å². The van der Waals surface area contributed by atoms with E-state index in [1.165, 1.54) is 20.5 Å². The van der Waals surface area contributed by atoms with Gasteiger partial charge in [0.15, 0.2) is 0 Å². The van der Waals surface area contributed by atoms with Gasteiger partial charge in [0, 0.05) is 33.6 Å². The fraction of sp³-hybridized carbons (Fsp3) is 0. The molecule has 0 aliphatic heterocycles. The number of aromatic nitrogens is 2. The third-order valence-electron chi connectivity index (χ3n) is 5.02. The van der Waals surface area contributed by atoms with E-state index in [0.29, 0.717) is 5.71 Å². The van der Waals surface area contributed by atoms with Gasteiger partial charge in [-0.15, -0.1) is 11.3 Å². The lowest BCUT2D eigenvalue weighted by Crippen LogP contribution is -1.83. The molecule has 0 saturated carbocycles. The maximum atomic E-state index is 6.13. The first-order valence-electron chi connectivity index (χ1n) is 9.09. The number of thiophene rings is 1. The molecule has 6 rings (SSSR count). The van der Waals surface area contributed by atoms with Crippen LogP contribution in [-0.2, 0) is 0 Å². The fourth-order valence-electron chi connectivity index (χ4n) is 3.72. The molecule has 132 valence electrons. The van der Waals surface area contributed by atoms with E-state index in [1.807, 2.05) is 24.4 Å². The molecule has 2 aromatic carbocycles. The molecule has 0 saturated heterocycles. The van der Waals surface area contributed by atoms with Crippen molar-refractivity contribution >= 4 is 43.5 Å². The predicted octanol–water partition coefficient (Wildman–Crippen LogP) is 6.92. The Morgan fingerprint density at radius 1 is 0.750 bits per heavy atom. The number of para-hydroxylation sites is 1. The third kappa shape index (κ3) is 2.28. The van der Waals surface area contributed by atoms with Gasteiger partial charge in [-0.3, -0.25) is 4.98 Å². The Kier molecular flexibility index (Phi) is 3.34. The highest BCUT2D eigenvalue weighted by Crippen LogP contribution is 2.41. The van der Waals surface area contributed by atoms with E-state index < -0.39 is 0 Å². The van der Waals surface area contributed by atoms with Gasteiger partial charge in [0.25, 0.3) is 0 Å². The summed E-state index contributed by atoms with van der Waals surface area (Å²) in [7, 11) is 0. The molecule has 0 radical (unpaired) electrons. The smallest absolute Gasteiger partial charge is 0.227 e. The molecule has 0 spiro atoms. The van der Waals surface area contributed by atoms with Gasteiger partial charge < -0.3 is 4.42 Å². The molecule has 0 bridgehead atoms. The number of rotatable bonds is 2. The topological polar surface area (TPSA) is 38.9 Å². The number of benzene rings is 2. The first-order chi connectivity index (χ1) is 13.9. The Labute approximate surface area is 164 Å². The zero-order chi connectivity index (χ0) is 18.5. The van der Waals surface area contributed by atoms with Gasteiger partial charge in [0.2, 0.25) is 5.71 Å². The Bertz CT molecular complexity index is 1460. The van der Waals surface area contributed by atoms with Crippen molar-refractivity contribution in [1.29, 1.82) is 0 Å². The lowest BCUT2D eigenvalue weighted by Gasteiger charge is -2.03. The summed E-state index contributed by atoms with van der Waals surface area (Å²) in [5, 5.41) is 3.29. The van der Waals surface area contributed by atoms with Crippen molar-refractivity contribution in [2.45, 2.75) is 0 Å². The van der Waals surface area contributed by atoms with Gasteiger partial charge in [0.1, 0.15) is 5.58 Å². The molecule has 0 fully saturated rings. The summed E-state index contributed by atoms with van der Waals surface area (Å²) >= 11 is 1.77. The summed E-state index contributed by atoms with van der Waals surface area (Å²) in [6.07, 6.45) is 3.63. The highest BCUT2D eigenvalue weighted by atomic mass is 32.1. The lowest BCUT2D eigenvalue weighted by molar-refractivity contribution is 0.655. The van der Waals surface area contributed by atoms with Crippen molar-refractivity contribution in [2.24, 2.45) is 0 Å². The van der Waals surface area contributed by atoms with Gasteiger partial charge in [0.05, 0.1) is 10.4 Å². The highest BCUT2D eigenvalue weighted by Gasteiger charge is 2.17. The van der Waals surface area contributed by atoms with Crippen LogP contribution in [0.5, 0.6) is 0 Å². The molecule has 0 unspecified atom stereocenters. The van der Waals surface area contributed by atoms with Gasteiger partial charge in [-0.2, -0.15) is 0 Å². The Hall–Kier alpha value is -3.50. The van der Waals surface area contributed by atoms with E-state index in [4.69, 9.17) is 9.40 Å². The summed E-state index contributed by atoms with van der Waals surface area (Å²) in [6.45, 7) is 0. The van der Waals surface area contributed by atoms with Crippen LogP contribution in [0.25, 0.3) is 53.9 Å². The summed E-state index contributed by atoms with van der Waals surface area (Å²) < 4.78 is 7.30. The predicted molar refractivity (Wildman–Crippen MR) is 116 cm³/mol. The van der Waals surface area contributed by atoms with Gasteiger partial charge in [-0.25, -0.2) is 4.98 Å². The molecule has 4 heterocycles. The summed E-state index contributed by atoms with van der Waals surface area (Å²) in [4.78, 5) is 10.3. The standard InChI is InChI=1S/C24H14N2OS/c1-2-6-15(7-3-1)20-14-16-11-13-25-21(23(16)28-20)19-9-4-8-17-18-10-5-12-26-24(18)27-22(17)19/h1-14H. The van der Waals surface area contributed by atoms with Crippen LogP contribution in [0.3, 0.4) is 0 Å². The summed E-state index contributed by atoms with van der Waals surface area (Å²) in [6, 6.07) is 25.0. The van der Waals surface area contributed by atoms with Crippen LogP contribution in [0.2, 0.25) is 0 Å². The van der Waals surface area contributed by atoms with Crippen molar-refractivity contribution < 1.29 is 4.42 Å². The number of fused-ring (bicyclic) bond motifs is 4. The second-order valence-corrected chi connectivity index (χ2v) is 7.75. The number of nitrogens with zero attached hydrogens (tertiary/aromatic N) is 2. The van der Waals surface area contributed by atoms with Crippen LogP contribution in [0, 0.1) is 0 Å². The molecule has 0 atom stereocenters. The second-order valence-electron chi connectivity index (χ2n) is 6.70. The van der Waals surface area contributed by atoms with Crippen molar-refractivity contribution in [2.75, 3.05) is 0 Å². The lowest BCUT2D eigenvalue weighted by atomic mass is 10.1. The van der Waals surface area contributed by atoms with Crippen LogP contribution in [0.1, 0.15) is 0 Å². The monoisotopic (exact) mass is 378 g/mol. The largest absolute Gasteiger partial charge is 0.437 e. The third-order valence-corrected chi connectivity index (χ3v) is 6.23. The van der Waals surface area contributed by atoms with Gasteiger partial charge in [-0.1, -0.05) is 42.5 Å². The first-order valence-corrected chi connectivity index (χ1v) is 9.91. The molecule has 0 aliphatic rings. The van der Waals surface area contributed by atoms with E-state index >= 15 is 0 Å². The number of hydrogen-bond donors (Lipinski definition) is 0. The number of hydrogen-bond acceptors (Lipinski definition) is 4. The molecule has 0 amide bonds. The minimum absolute atomic E-state index is 0.660. The highest BCUT2D eigenvalue weighted by molar-refractivity contribution is 7.22. The molecular weight excluding hydrogens is 364 g/mol. The van der Waals surface area contributed by atoms with E-state index in [1.54, 1.807) is 17.5 Å². The number of furan rings is 1. The minimum Gasteiger partial charge on any atom is -0.437 e. The van der Waals surface area contributed by atoms with E-state index in [0.717, 1.165) is 27.6 Å². The molecule has 3 nitrogen and oxygen atoms in total. The molecular formula is C24H14N2OS. The van der Waals surface area contributed by atoms with Crippen molar-refractivity contribution in [1.82, 2.24) is 9.97 Å². The molecule has 6 aromatic rings. The second kappa shape index (κ2) is 6.01. The van der Waals surface area contributed by atoms with Crippen molar-refractivity contribution in [3.63, 3.8) is 0 Å². The van der Waals surface area contributed by atoms with Gasteiger partial charge in [-0.05, 0) is 41.3 Å². The maximum Gasteiger partial charge on any atom is 0.227 e. The first kappa shape index (κ1) is 15.5. The van der Waals surface area contributed by atoms with Crippen LogP contribution in [-0.4, -0.2) is 9.97 Å². The normalized spacial score (nSPS) is 11.6. The fourth-order valence-corrected chi connectivity index (χ4v) is 4.88. The average molecular weight is 378 g/mol. The van der Waals surface area contributed by atoms with E-state index in [9.17, 15) is 0 Å². The van der Waals surface area contributed by atoms with Crippen LogP contribution < -0.4 is 0 Å². The molecule has 28 heavy (non-hydrogen) atoms. The molecule has 4 aromatic heterocycles. The minimum atomic E-state index is 0.660. The summed E-state index contributed by atoms with van der Waals surface area (Å²) in [5.41, 5.74) is 4.68. The summed E-state index contributed by atoms with van der Waals surface area (Å²) in [5.74, 6) is 0. The maximum absolute atomic E-state index is 6.13. The number of pyridine rings is 2. The van der Waals surface area contributed by atoms with E-state index in [2.05, 4.69) is 59.6 Å².